The van der Waals surface area contributed by atoms with Crippen LogP contribution in [0.15, 0.2) is 72.1 Å². The number of rotatable bonds is 6. The van der Waals surface area contributed by atoms with Gasteiger partial charge in [-0.2, -0.15) is 0 Å². The zero-order chi connectivity index (χ0) is 22.0. The number of hydrogen-bond donors (Lipinski definition) is 1. The summed E-state index contributed by atoms with van der Waals surface area (Å²) in [6, 6.07) is 10.3. The highest BCUT2D eigenvalue weighted by Crippen LogP contribution is 2.37. The molecule has 0 saturated heterocycles. The number of hydrogen-bond acceptors (Lipinski definition) is 5. The molecule has 0 bridgehead atoms. The monoisotopic (exact) mass is 435 g/mol. The summed E-state index contributed by atoms with van der Waals surface area (Å²) in [5, 5.41) is 8.34. The molecule has 0 spiro atoms. The van der Waals surface area contributed by atoms with E-state index in [9.17, 15) is 8.42 Å². The predicted octanol–water partition coefficient (Wildman–Crippen LogP) is 5.12. The smallest absolute Gasteiger partial charge is 0.269 e. The van der Waals surface area contributed by atoms with Gasteiger partial charge in [-0.05, 0) is 66.5 Å². The van der Waals surface area contributed by atoms with Gasteiger partial charge in [0.15, 0.2) is 5.65 Å². The van der Waals surface area contributed by atoms with Crippen LogP contribution in [-0.2, 0) is 14.8 Å². The molecule has 7 heteroatoms. The molecule has 4 rings (SSSR count). The van der Waals surface area contributed by atoms with E-state index >= 15 is 0 Å². The Kier molecular flexibility index (Phi) is 5.78. The largest absolute Gasteiger partial charge is 0.504 e. The number of fused-ring (bicyclic) bond motifs is 1. The van der Waals surface area contributed by atoms with Crippen LogP contribution in [-0.4, -0.2) is 30.7 Å². The van der Waals surface area contributed by atoms with E-state index in [0.29, 0.717) is 28.1 Å². The van der Waals surface area contributed by atoms with E-state index in [4.69, 9.17) is 10.1 Å². The molecule has 0 unspecified atom stereocenters. The SMILES string of the molecule is C=C(C=N)c1cn(S(=O)(=O)c2ccccc2)c2ncc(C3CCC(=COC)CC3)cc12. The van der Waals surface area contributed by atoms with E-state index in [1.54, 1.807) is 43.6 Å². The summed E-state index contributed by atoms with van der Waals surface area (Å²) in [6.07, 6.45) is 10.2. The fourth-order valence-electron chi connectivity index (χ4n) is 4.15. The highest BCUT2D eigenvalue weighted by atomic mass is 32.2. The number of allylic oxidation sites excluding steroid dienone is 2. The lowest BCUT2D eigenvalue weighted by molar-refractivity contribution is 0.326. The first kappa shape index (κ1) is 21.1. The van der Waals surface area contributed by atoms with E-state index in [2.05, 4.69) is 11.6 Å². The Hall–Kier alpha value is -3.19. The topological polar surface area (TPSA) is 85.0 Å². The van der Waals surface area contributed by atoms with Gasteiger partial charge in [-0.15, -0.1) is 0 Å². The maximum atomic E-state index is 13.3. The van der Waals surface area contributed by atoms with Crippen molar-refractivity contribution in [1.29, 1.82) is 5.41 Å². The third kappa shape index (κ3) is 3.93. The first-order chi connectivity index (χ1) is 15.0. The molecule has 31 heavy (non-hydrogen) atoms. The highest BCUT2D eigenvalue weighted by molar-refractivity contribution is 7.90. The lowest BCUT2D eigenvalue weighted by atomic mass is 9.82. The summed E-state index contributed by atoms with van der Waals surface area (Å²) in [5.74, 6) is 0.348. The number of aromatic nitrogens is 2. The van der Waals surface area contributed by atoms with Gasteiger partial charge in [0.1, 0.15) is 0 Å². The Morgan fingerprint density at radius 1 is 1.26 bits per heavy atom. The normalized spacial score (nSPS) is 16.8. The van der Waals surface area contributed by atoms with Gasteiger partial charge >= 0.3 is 0 Å². The van der Waals surface area contributed by atoms with E-state index in [1.165, 1.54) is 15.7 Å². The molecule has 0 atom stereocenters. The standard InChI is InChI=1S/C24H25N3O3S/c1-17(13-25)23-15-27(31(28,29)21-6-4-3-5-7-21)24-22(23)12-20(14-26-24)19-10-8-18(9-11-19)16-30-2/h3-7,12-16,19,25H,1,8-11H2,2H3. The Labute approximate surface area is 182 Å². The summed E-state index contributed by atoms with van der Waals surface area (Å²) >= 11 is 0. The molecule has 1 aliphatic carbocycles. The van der Waals surface area contributed by atoms with E-state index in [-0.39, 0.29) is 4.90 Å². The first-order valence-electron chi connectivity index (χ1n) is 10.2. The molecular weight excluding hydrogens is 410 g/mol. The molecule has 2 aromatic heterocycles. The Morgan fingerprint density at radius 3 is 2.61 bits per heavy atom. The average Bonchev–Trinajstić information content (AvgIpc) is 3.19. The third-order valence-corrected chi connectivity index (χ3v) is 7.50. The number of methoxy groups -OCH3 is 1. The lowest BCUT2D eigenvalue weighted by Crippen LogP contribution is -2.12. The first-order valence-corrected chi connectivity index (χ1v) is 11.6. The number of ether oxygens (including phenoxy) is 1. The molecule has 6 nitrogen and oxygen atoms in total. The second-order valence-electron chi connectivity index (χ2n) is 7.75. The second kappa shape index (κ2) is 8.51. The fraction of sp³-hybridized carbons (Fsp3) is 0.250. The molecule has 1 aliphatic rings. The van der Waals surface area contributed by atoms with Gasteiger partial charge in [-0.1, -0.05) is 24.8 Å². The molecule has 1 fully saturated rings. The number of pyridine rings is 1. The van der Waals surface area contributed by atoms with Crippen LogP contribution in [0.5, 0.6) is 0 Å². The van der Waals surface area contributed by atoms with Crippen molar-refractivity contribution in [1.82, 2.24) is 8.96 Å². The third-order valence-electron chi connectivity index (χ3n) is 5.84. The van der Waals surface area contributed by atoms with Gasteiger partial charge in [-0.25, -0.2) is 17.4 Å². The van der Waals surface area contributed by atoms with Crippen molar-refractivity contribution in [2.24, 2.45) is 0 Å². The van der Waals surface area contributed by atoms with E-state index < -0.39 is 10.0 Å². The molecule has 2 heterocycles. The maximum absolute atomic E-state index is 13.3. The molecule has 0 aliphatic heterocycles. The van der Waals surface area contributed by atoms with Gasteiger partial charge in [0.25, 0.3) is 10.0 Å². The van der Waals surface area contributed by atoms with Crippen LogP contribution in [0.2, 0.25) is 0 Å². The quantitative estimate of drug-likeness (QED) is 0.430. The van der Waals surface area contributed by atoms with Crippen molar-refractivity contribution in [2.75, 3.05) is 7.11 Å². The minimum Gasteiger partial charge on any atom is -0.504 e. The van der Waals surface area contributed by atoms with E-state index in [1.807, 2.05) is 12.3 Å². The van der Waals surface area contributed by atoms with Crippen LogP contribution in [0.1, 0.15) is 42.7 Å². The minimum atomic E-state index is -3.82. The molecular formula is C24H25N3O3S. The van der Waals surface area contributed by atoms with Crippen molar-refractivity contribution in [3.8, 4) is 0 Å². The van der Waals surface area contributed by atoms with Crippen LogP contribution in [0.4, 0.5) is 0 Å². The van der Waals surface area contributed by atoms with Crippen molar-refractivity contribution < 1.29 is 13.2 Å². The Balaban J connectivity index is 1.80. The molecule has 1 saturated carbocycles. The van der Waals surface area contributed by atoms with Crippen LogP contribution in [0.3, 0.4) is 0 Å². The summed E-state index contributed by atoms with van der Waals surface area (Å²) in [5.41, 5.74) is 3.79. The van der Waals surface area contributed by atoms with E-state index in [0.717, 1.165) is 37.5 Å². The average molecular weight is 436 g/mol. The zero-order valence-corrected chi connectivity index (χ0v) is 18.2. The lowest BCUT2D eigenvalue weighted by Gasteiger charge is -2.24. The fourth-order valence-corrected chi connectivity index (χ4v) is 5.49. The molecule has 3 aromatic rings. The molecule has 1 aromatic carbocycles. The van der Waals surface area contributed by atoms with Crippen molar-refractivity contribution >= 4 is 32.8 Å². The van der Waals surface area contributed by atoms with Crippen molar-refractivity contribution in [3.05, 3.63) is 78.3 Å². The van der Waals surface area contributed by atoms with Gasteiger partial charge in [0.05, 0.1) is 18.3 Å². The summed E-state index contributed by atoms with van der Waals surface area (Å²) in [4.78, 5) is 4.76. The highest BCUT2D eigenvalue weighted by Gasteiger charge is 2.25. The van der Waals surface area contributed by atoms with Gasteiger partial charge in [-0.3, -0.25) is 0 Å². The Bertz CT molecular complexity index is 1260. The second-order valence-corrected chi connectivity index (χ2v) is 9.57. The Morgan fingerprint density at radius 2 is 1.97 bits per heavy atom. The summed E-state index contributed by atoms with van der Waals surface area (Å²) < 4.78 is 32.9. The summed E-state index contributed by atoms with van der Waals surface area (Å²) in [6.45, 7) is 3.93. The zero-order valence-electron chi connectivity index (χ0n) is 17.4. The molecule has 160 valence electrons. The minimum absolute atomic E-state index is 0.189. The predicted molar refractivity (Wildman–Crippen MR) is 123 cm³/mol. The summed E-state index contributed by atoms with van der Waals surface area (Å²) in [7, 11) is -2.15. The number of nitrogens with zero attached hydrogens (tertiary/aromatic N) is 2. The van der Waals surface area contributed by atoms with Crippen molar-refractivity contribution in [2.45, 2.75) is 36.5 Å². The van der Waals surface area contributed by atoms with Crippen molar-refractivity contribution in [3.63, 3.8) is 0 Å². The maximum Gasteiger partial charge on any atom is 0.269 e. The van der Waals surface area contributed by atoms with Crippen LogP contribution < -0.4 is 0 Å². The van der Waals surface area contributed by atoms with Crippen LogP contribution in [0.25, 0.3) is 16.6 Å². The molecule has 0 radical (unpaired) electrons. The van der Waals surface area contributed by atoms with Gasteiger partial charge in [0, 0.05) is 29.6 Å². The molecule has 1 N–H and O–H groups in total. The number of nitrogens with one attached hydrogen (secondary N) is 1. The van der Waals surface area contributed by atoms with Crippen LogP contribution in [0, 0.1) is 5.41 Å². The van der Waals surface area contributed by atoms with Gasteiger partial charge < -0.3 is 10.1 Å². The number of benzene rings is 1. The molecule has 0 amide bonds. The van der Waals surface area contributed by atoms with Gasteiger partial charge in [0.2, 0.25) is 0 Å². The van der Waals surface area contributed by atoms with Crippen LogP contribution >= 0.6 is 0 Å².